The van der Waals surface area contributed by atoms with Crippen LogP contribution in [0.25, 0.3) is 10.9 Å². The highest BCUT2D eigenvalue weighted by molar-refractivity contribution is 9.10. The Labute approximate surface area is 118 Å². The number of nitrogens with one attached hydrogen (secondary N) is 1. The van der Waals surface area contributed by atoms with Crippen molar-refractivity contribution >= 4 is 32.8 Å². The number of aromatic nitrogens is 1. The lowest BCUT2D eigenvalue weighted by molar-refractivity contribution is -0.138. The van der Waals surface area contributed by atoms with E-state index in [1.807, 2.05) is 19.1 Å². The molecule has 19 heavy (non-hydrogen) atoms. The summed E-state index contributed by atoms with van der Waals surface area (Å²) in [6.07, 6.45) is 0.254. The van der Waals surface area contributed by atoms with Gasteiger partial charge in [0, 0.05) is 11.8 Å². The Kier molecular flexibility index (Phi) is 3.82. The topological polar surface area (TPSA) is 88.3 Å². The van der Waals surface area contributed by atoms with E-state index in [0.29, 0.717) is 0 Å². The molecule has 0 amide bonds. The molecule has 2 rings (SSSR count). The molecule has 1 aromatic carbocycles. The van der Waals surface area contributed by atoms with Gasteiger partial charge in [-0.2, -0.15) is 0 Å². The first kappa shape index (κ1) is 13.9. The Morgan fingerprint density at radius 1 is 1.58 bits per heavy atom. The van der Waals surface area contributed by atoms with Crippen LogP contribution in [0.1, 0.15) is 11.1 Å². The number of halogens is 1. The predicted molar refractivity (Wildman–Crippen MR) is 76.6 cm³/mol. The number of hydrogen-bond acceptors (Lipinski definition) is 3. The zero-order valence-electron chi connectivity index (χ0n) is 10.7. The number of hydrogen-bond donors (Lipinski definition) is 3. The number of aromatic amines is 1. The van der Waals surface area contributed by atoms with Crippen LogP contribution in [0.15, 0.2) is 16.7 Å². The van der Waals surface area contributed by atoms with Crippen molar-refractivity contribution in [3.8, 4) is 5.75 Å². The molecule has 0 bridgehead atoms. The van der Waals surface area contributed by atoms with E-state index in [4.69, 9.17) is 15.6 Å². The fourth-order valence-corrected chi connectivity index (χ4v) is 2.72. The Bertz CT molecular complexity index is 636. The molecule has 0 saturated heterocycles. The molecule has 0 aliphatic heterocycles. The Morgan fingerprint density at radius 3 is 2.84 bits per heavy atom. The number of carbonyl (C=O) groups is 1. The highest BCUT2D eigenvalue weighted by Gasteiger charge is 2.20. The van der Waals surface area contributed by atoms with Crippen LogP contribution in [-0.2, 0) is 11.2 Å². The number of benzene rings is 1. The summed E-state index contributed by atoms with van der Waals surface area (Å²) >= 11 is 3.43. The number of methoxy groups -OCH3 is 1. The molecule has 6 heteroatoms. The quantitative estimate of drug-likeness (QED) is 0.803. The monoisotopic (exact) mass is 326 g/mol. The maximum absolute atomic E-state index is 10.9. The molecule has 2 aromatic rings. The number of aliphatic carboxylic acids is 1. The van der Waals surface area contributed by atoms with Crippen molar-refractivity contribution in [2.75, 3.05) is 7.11 Å². The first-order chi connectivity index (χ1) is 8.95. The maximum atomic E-state index is 10.9. The molecule has 1 atom stereocenters. The van der Waals surface area contributed by atoms with E-state index >= 15 is 0 Å². The number of fused-ring (bicyclic) bond motifs is 1. The summed E-state index contributed by atoms with van der Waals surface area (Å²) in [5, 5.41) is 9.90. The van der Waals surface area contributed by atoms with Crippen LogP contribution in [0.5, 0.6) is 5.75 Å². The number of ether oxygens (including phenoxy) is 1. The van der Waals surface area contributed by atoms with E-state index < -0.39 is 12.0 Å². The fraction of sp³-hybridized carbons (Fsp3) is 0.308. The minimum atomic E-state index is -1.01. The summed E-state index contributed by atoms with van der Waals surface area (Å²) in [4.78, 5) is 14.1. The highest BCUT2D eigenvalue weighted by atomic mass is 79.9. The third-order valence-electron chi connectivity index (χ3n) is 3.14. The van der Waals surface area contributed by atoms with E-state index in [1.54, 1.807) is 7.11 Å². The van der Waals surface area contributed by atoms with Crippen molar-refractivity contribution in [1.82, 2.24) is 4.98 Å². The minimum absolute atomic E-state index is 0.254. The van der Waals surface area contributed by atoms with Crippen LogP contribution in [0.4, 0.5) is 0 Å². The lowest BCUT2D eigenvalue weighted by Gasteiger charge is -2.08. The van der Waals surface area contributed by atoms with Crippen LogP contribution >= 0.6 is 15.9 Å². The van der Waals surface area contributed by atoms with E-state index in [2.05, 4.69) is 20.9 Å². The van der Waals surface area contributed by atoms with Crippen LogP contribution < -0.4 is 10.5 Å². The Morgan fingerprint density at radius 2 is 2.26 bits per heavy atom. The first-order valence-electron chi connectivity index (χ1n) is 5.77. The smallest absolute Gasteiger partial charge is 0.320 e. The van der Waals surface area contributed by atoms with Gasteiger partial charge in [0.15, 0.2) is 0 Å². The minimum Gasteiger partial charge on any atom is -0.495 e. The molecule has 0 spiro atoms. The highest BCUT2D eigenvalue weighted by Crippen LogP contribution is 2.35. The Balaban J connectivity index is 2.61. The second-order valence-electron chi connectivity index (χ2n) is 4.40. The normalized spacial score (nSPS) is 12.6. The molecule has 4 N–H and O–H groups in total. The second kappa shape index (κ2) is 5.22. The van der Waals surface area contributed by atoms with Crippen molar-refractivity contribution in [2.45, 2.75) is 19.4 Å². The maximum Gasteiger partial charge on any atom is 0.320 e. The van der Waals surface area contributed by atoms with Gasteiger partial charge in [-0.1, -0.05) is 6.07 Å². The summed E-state index contributed by atoms with van der Waals surface area (Å²) in [5.41, 5.74) is 8.38. The number of H-pyrrole nitrogens is 1. The standard InChI is InChI=1S/C13H15BrN2O3/c1-6-3-4-9(19-2)11-10(6)7(12(14)16-11)5-8(15)13(17)18/h3-4,8,16H,5,15H2,1-2H3,(H,17,18). The molecule has 0 radical (unpaired) electrons. The molecule has 0 fully saturated rings. The van der Waals surface area contributed by atoms with Crippen molar-refractivity contribution in [1.29, 1.82) is 0 Å². The van der Waals surface area contributed by atoms with Crippen molar-refractivity contribution in [3.63, 3.8) is 0 Å². The molecule has 0 saturated carbocycles. The van der Waals surface area contributed by atoms with Crippen molar-refractivity contribution < 1.29 is 14.6 Å². The number of carboxylic acids is 1. The summed E-state index contributed by atoms with van der Waals surface area (Å²) in [5.74, 6) is -0.293. The van der Waals surface area contributed by atoms with Crippen LogP contribution in [0.2, 0.25) is 0 Å². The van der Waals surface area contributed by atoms with Gasteiger partial charge in [-0.3, -0.25) is 4.79 Å². The molecule has 1 heterocycles. The molecule has 5 nitrogen and oxygen atoms in total. The van der Waals surface area contributed by atoms with E-state index in [9.17, 15) is 4.79 Å². The lowest BCUT2D eigenvalue weighted by Crippen LogP contribution is -2.32. The van der Waals surface area contributed by atoms with E-state index in [-0.39, 0.29) is 6.42 Å². The van der Waals surface area contributed by atoms with Gasteiger partial charge in [0.25, 0.3) is 0 Å². The molecule has 1 aromatic heterocycles. The largest absolute Gasteiger partial charge is 0.495 e. The van der Waals surface area contributed by atoms with Crippen molar-refractivity contribution in [3.05, 3.63) is 27.9 Å². The molecular weight excluding hydrogens is 312 g/mol. The lowest BCUT2D eigenvalue weighted by atomic mass is 10.0. The van der Waals surface area contributed by atoms with Gasteiger partial charge in [0.1, 0.15) is 11.8 Å². The van der Waals surface area contributed by atoms with Gasteiger partial charge in [0.2, 0.25) is 0 Å². The first-order valence-corrected chi connectivity index (χ1v) is 6.57. The third kappa shape index (κ3) is 2.46. The van der Waals surface area contributed by atoms with Crippen LogP contribution in [0, 0.1) is 6.92 Å². The summed E-state index contributed by atoms with van der Waals surface area (Å²) < 4.78 is 6.05. The van der Waals surface area contributed by atoms with Crippen LogP contribution in [0.3, 0.4) is 0 Å². The number of rotatable bonds is 4. The molecular formula is C13H15BrN2O3. The number of carboxylic acid groups (broad SMARTS) is 1. The molecule has 0 aliphatic rings. The average molecular weight is 327 g/mol. The van der Waals surface area contributed by atoms with Gasteiger partial charge in [0.05, 0.1) is 17.2 Å². The summed E-state index contributed by atoms with van der Waals surface area (Å²) in [6, 6.07) is 2.89. The number of aryl methyl sites for hydroxylation is 1. The van der Waals surface area contributed by atoms with E-state index in [0.717, 1.165) is 32.4 Å². The molecule has 102 valence electrons. The van der Waals surface area contributed by atoms with Gasteiger partial charge in [-0.25, -0.2) is 0 Å². The zero-order chi connectivity index (χ0) is 14.2. The van der Waals surface area contributed by atoms with Crippen molar-refractivity contribution in [2.24, 2.45) is 5.73 Å². The number of nitrogens with two attached hydrogens (primary N) is 1. The predicted octanol–water partition coefficient (Wildman–Crippen LogP) is 2.20. The van der Waals surface area contributed by atoms with Crippen LogP contribution in [-0.4, -0.2) is 29.2 Å². The van der Waals surface area contributed by atoms with Gasteiger partial charge in [-0.05, 0) is 40.0 Å². The molecule has 0 aliphatic carbocycles. The fourth-order valence-electron chi connectivity index (χ4n) is 2.16. The Hall–Kier alpha value is -1.53. The average Bonchev–Trinajstić information content (AvgIpc) is 2.68. The van der Waals surface area contributed by atoms with Gasteiger partial charge < -0.3 is 20.6 Å². The second-order valence-corrected chi connectivity index (χ2v) is 5.19. The zero-order valence-corrected chi connectivity index (χ0v) is 12.2. The SMILES string of the molecule is COc1ccc(C)c2c(CC(N)C(=O)O)c(Br)[nH]c12. The van der Waals surface area contributed by atoms with Gasteiger partial charge in [-0.15, -0.1) is 0 Å². The van der Waals surface area contributed by atoms with Gasteiger partial charge >= 0.3 is 5.97 Å². The van der Waals surface area contributed by atoms with E-state index in [1.165, 1.54) is 0 Å². The summed E-state index contributed by atoms with van der Waals surface area (Å²) in [7, 11) is 1.60. The molecule has 1 unspecified atom stereocenters. The summed E-state index contributed by atoms with van der Waals surface area (Å²) in [6.45, 7) is 1.97. The third-order valence-corrected chi connectivity index (χ3v) is 3.81.